The molecular weight excluding hydrogens is 1720 g/mol. The molecule has 16 rings (SSSR count). The smallest absolute Gasteiger partial charge is 0.322 e. The van der Waals surface area contributed by atoms with Crippen LogP contribution in [0.4, 0.5) is 45.5 Å². The highest BCUT2D eigenvalue weighted by atomic mass is 79.9. The molecule has 0 bridgehead atoms. The van der Waals surface area contributed by atoms with E-state index in [1.807, 2.05) is 55.6 Å². The number of anilines is 6. The van der Waals surface area contributed by atoms with Crippen molar-refractivity contribution in [3.05, 3.63) is 146 Å². The van der Waals surface area contributed by atoms with Crippen LogP contribution >= 0.6 is 31.9 Å². The summed E-state index contributed by atoms with van der Waals surface area (Å²) in [7, 11) is 0. The second-order valence-electron chi connectivity index (χ2n) is 30.0. The van der Waals surface area contributed by atoms with Crippen LogP contribution in [0.5, 0.6) is 0 Å². The number of carbonyl (C=O) groups is 6. The van der Waals surface area contributed by atoms with E-state index >= 15 is 0 Å². The molecule has 4 aliphatic carbocycles. The summed E-state index contributed by atoms with van der Waals surface area (Å²) >= 11 is 5.43. The molecule has 4 saturated carbocycles. The van der Waals surface area contributed by atoms with Crippen LogP contribution in [0.2, 0.25) is 0 Å². The van der Waals surface area contributed by atoms with Crippen LogP contribution in [0.3, 0.4) is 0 Å². The Labute approximate surface area is 727 Å². The molecule has 0 aromatic carbocycles. The monoisotopic (exact) mass is 1810 g/mol. The number of nitrogens with one attached hydrogen (secondary N) is 4. The lowest BCUT2D eigenvalue weighted by Crippen LogP contribution is -2.17. The number of aliphatic carboxylic acids is 4. The molecule has 0 radical (unpaired) electrons. The molecule has 12 aromatic heterocycles. The maximum atomic E-state index is 11.2. The lowest BCUT2D eigenvalue weighted by atomic mass is 9.96. The van der Waals surface area contributed by atoms with Gasteiger partial charge in [0.25, 0.3) is 0 Å². The molecule has 4 unspecified atom stereocenters. The Bertz CT molecular complexity index is 6010. The quantitative estimate of drug-likeness (QED) is 0.0124. The average molecular weight is 1810 g/mol. The van der Waals surface area contributed by atoms with Crippen molar-refractivity contribution in [2.45, 2.75) is 153 Å². The van der Waals surface area contributed by atoms with Gasteiger partial charge in [-0.05, 0) is 99.3 Å². The SMILES string of the molecule is N#CCC(C1CCCC1)n1cc(-c2c(NC=O)cnn3cc(N)cc23)cn1.N#CCC(C1CCCC1)n1cc(-c2c(NC=O)cnn3cc(NCC(=O)O)cc23)cn1.O=C(O)CBr.O=C(O)CBr.[C-]#[N+]c1cnn2cc(N)cc2c1-c1cnn(C(CC#N)C2CCCC2)c1.[C-]#[N+]c1cnn2cc(NCC(=O)O)cc2c1-c1cnn(C(CC#N)C2CCCC2)c1. The first kappa shape index (κ1) is 90.3. The van der Waals surface area contributed by atoms with Crippen LogP contribution < -0.4 is 32.7 Å². The Hall–Kier alpha value is -14.5. The Kier molecular flexibility index (Phi) is 31.8. The summed E-state index contributed by atoms with van der Waals surface area (Å²) in [6.45, 7) is 14.6. The summed E-state index contributed by atoms with van der Waals surface area (Å²) in [5.74, 6) is -1.75. The number of halogens is 2. The summed E-state index contributed by atoms with van der Waals surface area (Å²) in [4.78, 5) is 69.8. The second-order valence-corrected chi connectivity index (χ2v) is 31.2. The topological polar surface area (TPSA) is 528 Å². The van der Waals surface area contributed by atoms with Gasteiger partial charge in [-0.25, -0.2) is 27.8 Å². The highest BCUT2D eigenvalue weighted by molar-refractivity contribution is 9.09. The fourth-order valence-corrected chi connectivity index (χ4v) is 16.8. The van der Waals surface area contributed by atoms with E-state index in [0.717, 1.165) is 101 Å². The minimum absolute atomic E-state index is 0.0150. The first-order chi connectivity index (χ1) is 60.2. The molecular formula is C84H90Br2N28O10. The predicted octanol–water partition coefficient (Wildman–Crippen LogP) is 14.7. The summed E-state index contributed by atoms with van der Waals surface area (Å²) in [6.07, 6.45) is 49.2. The van der Waals surface area contributed by atoms with Gasteiger partial charge in [0.1, 0.15) is 23.7 Å². The van der Waals surface area contributed by atoms with Crippen molar-refractivity contribution >= 4 is 136 Å². The van der Waals surface area contributed by atoms with Crippen molar-refractivity contribution in [3.63, 3.8) is 0 Å². The van der Waals surface area contributed by atoms with Crippen LogP contribution in [0.25, 0.3) is 76.3 Å². The number of nitriles is 4. The number of hydrogen-bond acceptors (Lipinski definition) is 22. The zero-order valence-electron chi connectivity index (χ0n) is 67.3. The first-order valence-electron chi connectivity index (χ1n) is 40.0. The molecule has 4 fully saturated rings. The van der Waals surface area contributed by atoms with Gasteiger partial charge in [-0.1, -0.05) is 83.2 Å². The summed E-state index contributed by atoms with van der Waals surface area (Å²) < 4.78 is 14.1. The molecule has 40 heteroatoms. The molecule has 38 nitrogen and oxygen atoms in total. The molecule has 12 aromatic rings. The molecule has 12 heterocycles. The summed E-state index contributed by atoms with van der Waals surface area (Å²) in [6, 6.07) is 16.6. The summed E-state index contributed by atoms with van der Waals surface area (Å²) in [5.41, 5.74) is 25.4. The number of carboxylic acid groups (broad SMARTS) is 4. The molecule has 4 atom stereocenters. The predicted molar refractivity (Wildman–Crippen MR) is 466 cm³/mol. The van der Waals surface area contributed by atoms with Gasteiger partial charge in [0.05, 0.1) is 218 Å². The van der Waals surface area contributed by atoms with Gasteiger partial charge >= 0.3 is 23.9 Å². The first-order valence-corrected chi connectivity index (χ1v) is 42.3. The normalized spacial score (nSPS) is 14.7. The maximum Gasteiger partial charge on any atom is 0.322 e. The largest absolute Gasteiger partial charge is 0.481 e. The van der Waals surface area contributed by atoms with Crippen molar-refractivity contribution < 1.29 is 49.2 Å². The third kappa shape index (κ3) is 22.4. The van der Waals surface area contributed by atoms with Gasteiger partial charge in [0.2, 0.25) is 24.2 Å². The van der Waals surface area contributed by atoms with E-state index in [1.54, 1.807) is 98.4 Å². The third-order valence-corrected chi connectivity index (χ3v) is 23.2. The lowest BCUT2D eigenvalue weighted by Gasteiger charge is -2.21. The molecule has 0 spiro atoms. The number of aromatic nitrogens is 16. The molecule has 0 aliphatic heterocycles. The van der Waals surface area contributed by atoms with E-state index in [4.69, 9.17) is 45.0 Å². The van der Waals surface area contributed by atoms with Crippen molar-refractivity contribution in [2.24, 2.45) is 23.7 Å². The van der Waals surface area contributed by atoms with Crippen molar-refractivity contribution in [1.29, 1.82) is 21.0 Å². The molecule has 12 N–H and O–H groups in total. The van der Waals surface area contributed by atoms with Gasteiger partial charge in [-0.15, -0.1) is 0 Å². The number of hydrogen-bond donors (Lipinski definition) is 10. The fourth-order valence-electron chi connectivity index (χ4n) is 16.8. The van der Waals surface area contributed by atoms with Crippen molar-refractivity contribution in [1.82, 2.24) is 77.6 Å². The van der Waals surface area contributed by atoms with E-state index in [1.165, 1.54) is 57.6 Å². The van der Waals surface area contributed by atoms with Crippen molar-refractivity contribution in [2.75, 3.05) is 56.5 Å². The Balaban J connectivity index is 0.000000155. The number of amides is 2. The number of nitrogen functional groups attached to an aromatic ring is 2. The van der Waals surface area contributed by atoms with E-state index < -0.39 is 23.9 Å². The van der Waals surface area contributed by atoms with Gasteiger partial charge in [-0.2, -0.15) is 61.8 Å². The van der Waals surface area contributed by atoms with Crippen LogP contribution in [0, 0.1) is 82.1 Å². The Morgan fingerprint density at radius 3 is 0.960 bits per heavy atom. The lowest BCUT2D eigenvalue weighted by molar-refractivity contribution is -0.135. The van der Waals surface area contributed by atoms with Crippen LogP contribution in [0.1, 0.15) is 153 Å². The van der Waals surface area contributed by atoms with Crippen molar-refractivity contribution in [3.8, 4) is 68.8 Å². The third-order valence-electron chi connectivity index (χ3n) is 22.2. The Morgan fingerprint density at radius 1 is 0.419 bits per heavy atom. The summed E-state index contributed by atoms with van der Waals surface area (Å²) in [5, 5.41) is 117. The Morgan fingerprint density at radius 2 is 0.685 bits per heavy atom. The number of carboxylic acids is 4. The van der Waals surface area contributed by atoms with E-state index in [9.17, 15) is 49.8 Å². The number of nitrogens with zero attached hydrogens (tertiary/aromatic N) is 22. The number of alkyl halides is 2. The van der Waals surface area contributed by atoms with Gasteiger partial charge in [0, 0.05) is 69.3 Å². The number of nitrogens with two attached hydrogens (primary N) is 2. The molecule has 0 saturated heterocycles. The van der Waals surface area contributed by atoms with Gasteiger partial charge in [-0.3, -0.25) is 47.5 Å². The highest BCUT2D eigenvalue weighted by Crippen LogP contribution is 2.45. The second kappa shape index (κ2) is 43.7. The number of fused-ring (bicyclic) bond motifs is 4. The minimum Gasteiger partial charge on any atom is -0.481 e. The fraction of sp³-hybridized carbons (Fsp3) is 0.381. The molecule has 2 amide bonds. The number of rotatable bonds is 28. The van der Waals surface area contributed by atoms with Crippen LogP contribution in [-0.2, 0) is 28.8 Å². The van der Waals surface area contributed by atoms with E-state index in [0.29, 0.717) is 124 Å². The van der Waals surface area contributed by atoms with Crippen LogP contribution in [0.15, 0.2) is 123 Å². The maximum absolute atomic E-state index is 11.2. The zero-order valence-corrected chi connectivity index (χ0v) is 70.5. The number of carbonyl (C=O) groups excluding carboxylic acids is 2. The standard InChI is InChI=1S/C21H23N7O3.C21H21N7O2.C19H21N7O.C19H19N7.2C2H3BrO2/c22-6-5-18(14-3-1-2-4-14)27-11-15(8-25-27)21-17(24-13-29)9-26-28-12-16(7-19(21)28)23-10-20(30)31;1-23-17-10-26-28-13-16(24-11-20(29)30)8-19(28)21(17)15-9-25-27(12-15)18(6-7-22)14-4-2-3-5-14;20-6-5-17(13-3-1-2-4-13)25-10-14(8-23-25)19-16(22-12-27)9-24-26-11-15(21)7-18(19)26;1-22-16-10-24-26-12-15(21)8-18(26)19(16)14-9-23-25(11-14)17(6-7-20)13-4-2-3-5-13;2*3-1-2(4)5/h7-9,11-14,18,23H,1-5,10H2,(H,24,29)(H,30,31);8-10,12-14,18,24H,2-6,11H2,(H,29,30);7-13,17H,1-5,21H2,(H,22,27);8-13,17H,2-6,21H2;2*1H2,(H,4,5). The molecule has 640 valence electrons. The zero-order chi connectivity index (χ0) is 88.3. The van der Waals surface area contributed by atoms with E-state index in [-0.39, 0.29) is 47.9 Å². The highest BCUT2D eigenvalue weighted by Gasteiger charge is 2.33. The molecule has 124 heavy (non-hydrogen) atoms. The average Bonchev–Trinajstić information content (AvgIpc) is 1.64. The van der Waals surface area contributed by atoms with Gasteiger partial charge < -0.3 is 53.2 Å². The van der Waals surface area contributed by atoms with Crippen LogP contribution in [-0.4, -0.2) is 158 Å². The van der Waals surface area contributed by atoms with E-state index in [2.05, 4.69) is 128 Å². The van der Waals surface area contributed by atoms with Gasteiger partial charge in [0.15, 0.2) is 0 Å². The minimum atomic E-state index is -0.969. The molecule has 4 aliphatic rings.